The molecule has 0 saturated carbocycles. The predicted octanol–water partition coefficient (Wildman–Crippen LogP) is 2.84. The van der Waals surface area contributed by atoms with Crippen LogP contribution in [-0.4, -0.2) is 75.6 Å². The number of nitrogens with one attached hydrogen (secondary N) is 1. The number of aryl methyl sites for hydroxylation is 1. The smallest absolute Gasteiger partial charge is 0.257 e. The first-order chi connectivity index (χ1) is 18.0. The summed E-state index contributed by atoms with van der Waals surface area (Å²) in [6, 6.07) is 11.4. The Balaban J connectivity index is 1.27. The van der Waals surface area contributed by atoms with Crippen LogP contribution in [0.2, 0.25) is 0 Å². The van der Waals surface area contributed by atoms with Crippen molar-refractivity contribution >= 4 is 17.2 Å². The van der Waals surface area contributed by atoms with Crippen LogP contribution in [0.3, 0.4) is 0 Å². The standard InChI is InChI=1S/C28H29N7O2/c1-20-14-24(6-5-22(20)19-34-12-10-33(2)11-13-34)31-28(36)23-15-21(16-29-17-23)4-7-25-18-30-26-8-9-27(37-3)32-35(25)26/h5-6,8-9,14-18H,10-13,19H2,1-3H3,(H,31,36). The Kier molecular flexibility index (Phi) is 7.12. The maximum absolute atomic E-state index is 12.9. The van der Waals surface area contributed by atoms with Crippen LogP contribution in [0.25, 0.3) is 5.65 Å². The van der Waals surface area contributed by atoms with Crippen molar-refractivity contribution in [2.24, 2.45) is 0 Å². The number of piperazine rings is 1. The van der Waals surface area contributed by atoms with E-state index in [0.29, 0.717) is 28.3 Å². The summed E-state index contributed by atoms with van der Waals surface area (Å²) in [5.74, 6) is 6.34. The van der Waals surface area contributed by atoms with Gasteiger partial charge in [-0.05, 0) is 55.3 Å². The van der Waals surface area contributed by atoms with Crippen molar-refractivity contribution in [3.8, 4) is 17.7 Å². The molecule has 4 aromatic rings. The van der Waals surface area contributed by atoms with Crippen molar-refractivity contribution in [3.63, 3.8) is 0 Å². The first kappa shape index (κ1) is 24.4. The van der Waals surface area contributed by atoms with Gasteiger partial charge in [0, 0.05) is 62.4 Å². The fraction of sp³-hybridized carbons (Fsp3) is 0.286. The maximum Gasteiger partial charge on any atom is 0.257 e. The molecule has 1 N–H and O–H groups in total. The van der Waals surface area contributed by atoms with E-state index in [1.54, 1.807) is 36.2 Å². The zero-order valence-corrected chi connectivity index (χ0v) is 21.2. The van der Waals surface area contributed by atoms with Crippen molar-refractivity contribution in [1.82, 2.24) is 29.4 Å². The van der Waals surface area contributed by atoms with Crippen LogP contribution in [0.15, 0.2) is 55.0 Å². The van der Waals surface area contributed by atoms with E-state index in [1.807, 2.05) is 18.2 Å². The minimum atomic E-state index is -0.233. The van der Waals surface area contributed by atoms with Crippen molar-refractivity contribution in [1.29, 1.82) is 0 Å². The predicted molar refractivity (Wildman–Crippen MR) is 142 cm³/mol. The van der Waals surface area contributed by atoms with Gasteiger partial charge in [0.05, 0.1) is 18.9 Å². The molecule has 5 rings (SSSR count). The molecule has 1 amide bonds. The monoisotopic (exact) mass is 495 g/mol. The molecule has 0 atom stereocenters. The molecule has 4 heterocycles. The van der Waals surface area contributed by atoms with Gasteiger partial charge in [0.15, 0.2) is 5.65 Å². The van der Waals surface area contributed by atoms with Gasteiger partial charge in [0.2, 0.25) is 5.88 Å². The summed E-state index contributed by atoms with van der Waals surface area (Å²) in [6.07, 6.45) is 4.81. The summed E-state index contributed by atoms with van der Waals surface area (Å²) < 4.78 is 6.80. The molecule has 1 aromatic carbocycles. The van der Waals surface area contributed by atoms with Crippen molar-refractivity contribution < 1.29 is 9.53 Å². The zero-order chi connectivity index (χ0) is 25.8. The number of methoxy groups -OCH3 is 1. The molecule has 1 aliphatic rings. The van der Waals surface area contributed by atoms with Gasteiger partial charge >= 0.3 is 0 Å². The summed E-state index contributed by atoms with van der Waals surface area (Å²) in [6.45, 7) is 7.34. The molecule has 188 valence electrons. The average Bonchev–Trinajstić information content (AvgIpc) is 3.32. The van der Waals surface area contributed by atoms with Crippen LogP contribution in [0.1, 0.15) is 32.7 Å². The molecule has 0 unspecified atom stereocenters. The fourth-order valence-corrected chi connectivity index (χ4v) is 4.22. The van der Waals surface area contributed by atoms with Crippen LogP contribution >= 0.6 is 0 Å². The van der Waals surface area contributed by atoms with Crippen LogP contribution in [-0.2, 0) is 6.54 Å². The second-order valence-corrected chi connectivity index (χ2v) is 9.18. The van der Waals surface area contributed by atoms with Gasteiger partial charge in [-0.25, -0.2) is 9.50 Å². The van der Waals surface area contributed by atoms with E-state index in [1.165, 1.54) is 11.8 Å². The molecular weight excluding hydrogens is 466 g/mol. The highest BCUT2D eigenvalue weighted by atomic mass is 16.5. The lowest BCUT2D eigenvalue weighted by Gasteiger charge is -2.32. The number of anilines is 1. The van der Waals surface area contributed by atoms with E-state index in [4.69, 9.17) is 4.74 Å². The number of nitrogens with zero attached hydrogens (tertiary/aromatic N) is 6. The largest absolute Gasteiger partial charge is 0.480 e. The Labute approximate surface area is 216 Å². The Bertz CT molecular complexity index is 1490. The maximum atomic E-state index is 12.9. The van der Waals surface area contributed by atoms with Gasteiger partial charge in [-0.1, -0.05) is 12.0 Å². The minimum absolute atomic E-state index is 0.233. The molecule has 1 aliphatic heterocycles. The number of rotatable bonds is 5. The van der Waals surface area contributed by atoms with E-state index in [-0.39, 0.29) is 5.91 Å². The Morgan fingerprint density at radius 1 is 1.05 bits per heavy atom. The highest BCUT2D eigenvalue weighted by Crippen LogP contribution is 2.19. The molecule has 0 aliphatic carbocycles. The molecule has 1 saturated heterocycles. The number of pyridine rings is 1. The van der Waals surface area contributed by atoms with Crippen LogP contribution < -0.4 is 10.1 Å². The normalized spacial score (nSPS) is 14.2. The minimum Gasteiger partial charge on any atom is -0.480 e. The number of hydrogen-bond donors (Lipinski definition) is 1. The summed E-state index contributed by atoms with van der Waals surface area (Å²) >= 11 is 0. The van der Waals surface area contributed by atoms with Gasteiger partial charge in [-0.3, -0.25) is 14.7 Å². The Morgan fingerprint density at radius 3 is 2.68 bits per heavy atom. The van der Waals surface area contributed by atoms with E-state index in [2.05, 4.69) is 62.1 Å². The number of aromatic nitrogens is 4. The van der Waals surface area contributed by atoms with Gasteiger partial charge in [-0.2, -0.15) is 0 Å². The number of likely N-dealkylation sites (N-methyl/N-ethyl adjacent to an activating group) is 1. The van der Waals surface area contributed by atoms with Crippen molar-refractivity contribution in [2.75, 3.05) is 45.7 Å². The molecule has 37 heavy (non-hydrogen) atoms. The van der Waals surface area contributed by atoms with Crippen LogP contribution in [0, 0.1) is 18.8 Å². The third kappa shape index (κ3) is 5.77. The molecule has 9 nitrogen and oxygen atoms in total. The SMILES string of the molecule is COc1ccc2ncc(C#Cc3cncc(C(=O)Nc4ccc(CN5CCN(C)CC5)c(C)c4)c3)n2n1. The number of benzene rings is 1. The summed E-state index contributed by atoms with van der Waals surface area (Å²) in [5.41, 5.74) is 5.52. The van der Waals surface area contributed by atoms with Crippen molar-refractivity contribution in [3.05, 3.63) is 82.9 Å². The Morgan fingerprint density at radius 2 is 1.89 bits per heavy atom. The number of fused-ring (bicyclic) bond motifs is 1. The first-order valence-corrected chi connectivity index (χ1v) is 12.2. The molecular formula is C28H29N7O2. The third-order valence-electron chi connectivity index (χ3n) is 6.47. The molecule has 3 aromatic heterocycles. The Hall–Kier alpha value is -4.26. The van der Waals surface area contributed by atoms with Crippen molar-refractivity contribution in [2.45, 2.75) is 13.5 Å². The fourth-order valence-electron chi connectivity index (χ4n) is 4.22. The quantitative estimate of drug-likeness (QED) is 0.426. The van der Waals surface area contributed by atoms with Gasteiger partial charge in [-0.15, -0.1) is 5.10 Å². The average molecular weight is 496 g/mol. The number of carbonyl (C=O) groups excluding carboxylic acids is 1. The lowest BCUT2D eigenvalue weighted by Crippen LogP contribution is -2.43. The zero-order valence-electron chi connectivity index (χ0n) is 21.2. The first-order valence-electron chi connectivity index (χ1n) is 12.2. The van der Waals surface area contributed by atoms with Gasteiger partial charge in [0.1, 0.15) is 5.69 Å². The molecule has 1 fully saturated rings. The topological polar surface area (TPSA) is 87.9 Å². The highest BCUT2D eigenvalue weighted by Gasteiger charge is 2.15. The van der Waals surface area contributed by atoms with E-state index in [0.717, 1.165) is 44.0 Å². The number of amides is 1. The van der Waals surface area contributed by atoms with Gasteiger partial charge < -0.3 is 15.0 Å². The molecule has 0 radical (unpaired) electrons. The third-order valence-corrected chi connectivity index (χ3v) is 6.47. The van der Waals surface area contributed by atoms with Crippen LogP contribution in [0.4, 0.5) is 5.69 Å². The molecule has 0 bridgehead atoms. The number of hydrogen-bond acceptors (Lipinski definition) is 7. The summed E-state index contributed by atoms with van der Waals surface area (Å²) in [4.78, 5) is 26.3. The second-order valence-electron chi connectivity index (χ2n) is 9.18. The number of imidazole rings is 1. The van der Waals surface area contributed by atoms with E-state index >= 15 is 0 Å². The second kappa shape index (κ2) is 10.8. The van der Waals surface area contributed by atoms with E-state index < -0.39 is 0 Å². The highest BCUT2D eigenvalue weighted by molar-refractivity contribution is 6.04. The number of carbonyl (C=O) groups is 1. The molecule has 0 spiro atoms. The van der Waals surface area contributed by atoms with Crippen LogP contribution in [0.5, 0.6) is 5.88 Å². The summed E-state index contributed by atoms with van der Waals surface area (Å²) in [7, 11) is 3.72. The molecule has 9 heteroatoms. The lowest BCUT2D eigenvalue weighted by atomic mass is 10.1. The van der Waals surface area contributed by atoms with Gasteiger partial charge in [0.25, 0.3) is 5.91 Å². The summed E-state index contributed by atoms with van der Waals surface area (Å²) in [5, 5.41) is 7.34. The van der Waals surface area contributed by atoms with E-state index in [9.17, 15) is 4.79 Å². The lowest BCUT2D eigenvalue weighted by molar-refractivity contribution is 0.102. The number of ether oxygens (including phenoxy) is 1.